The zero-order valence-corrected chi connectivity index (χ0v) is 11.2. The molecule has 4 nitrogen and oxygen atoms in total. The van der Waals surface area contributed by atoms with Crippen molar-refractivity contribution in [3.05, 3.63) is 29.1 Å². The first kappa shape index (κ1) is 12.9. The number of benzene rings is 1. The summed E-state index contributed by atoms with van der Waals surface area (Å²) in [7, 11) is 1.69. The van der Waals surface area contributed by atoms with E-state index in [9.17, 15) is 9.90 Å². The quantitative estimate of drug-likeness (QED) is 0.833. The van der Waals surface area contributed by atoms with Gasteiger partial charge in [-0.25, -0.2) is 0 Å². The first-order valence-corrected chi connectivity index (χ1v) is 6.51. The lowest BCUT2D eigenvalue weighted by Gasteiger charge is -2.17. The number of hydrogen-bond donors (Lipinski definition) is 2. The Morgan fingerprint density at radius 1 is 1.50 bits per heavy atom. The fourth-order valence-electron chi connectivity index (χ4n) is 1.83. The van der Waals surface area contributed by atoms with Crippen molar-refractivity contribution in [1.82, 2.24) is 4.90 Å². The first-order valence-electron chi connectivity index (χ1n) is 5.70. The van der Waals surface area contributed by atoms with Crippen molar-refractivity contribution < 1.29 is 9.90 Å². The summed E-state index contributed by atoms with van der Waals surface area (Å²) >= 11 is 1.44. The number of fused-ring (bicyclic) bond motifs is 1. The molecule has 5 heteroatoms. The maximum Gasteiger partial charge on any atom is 0.263 e. The zero-order chi connectivity index (χ0) is 13.3. The van der Waals surface area contributed by atoms with E-state index < -0.39 is 6.10 Å². The molecule has 2 rings (SSSR count). The summed E-state index contributed by atoms with van der Waals surface area (Å²) in [6.07, 6.45) is -0.524. The molecule has 1 atom stereocenters. The van der Waals surface area contributed by atoms with Gasteiger partial charge in [-0.1, -0.05) is 0 Å². The van der Waals surface area contributed by atoms with E-state index in [0.29, 0.717) is 17.1 Å². The standard InChI is InChI=1S/C13H16N2O2S/c1-8(16)7-15(2)13(17)12-6-9-5-10(14)3-4-11(9)18-12/h3-6,8,16H,7,14H2,1-2H3. The normalized spacial score (nSPS) is 12.6. The lowest BCUT2D eigenvalue weighted by molar-refractivity contribution is 0.0708. The third kappa shape index (κ3) is 2.63. The van der Waals surface area contributed by atoms with Crippen LogP contribution in [0.15, 0.2) is 24.3 Å². The molecule has 96 valence electrons. The van der Waals surface area contributed by atoms with E-state index in [4.69, 9.17) is 5.73 Å². The Morgan fingerprint density at radius 3 is 2.89 bits per heavy atom. The number of hydrogen-bond acceptors (Lipinski definition) is 4. The molecule has 1 heterocycles. The number of amides is 1. The van der Waals surface area contributed by atoms with E-state index in [0.717, 1.165) is 10.1 Å². The van der Waals surface area contributed by atoms with E-state index in [-0.39, 0.29) is 5.91 Å². The van der Waals surface area contributed by atoms with Gasteiger partial charge in [-0.15, -0.1) is 11.3 Å². The lowest BCUT2D eigenvalue weighted by atomic mass is 10.2. The average Bonchev–Trinajstić information content (AvgIpc) is 2.69. The molecular weight excluding hydrogens is 248 g/mol. The topological polar surface area (TPSA) is 66.6 Å². The highest BCUT2D eigenvalue weighted by Gasteiger charge is 2.16. The molecule has 18 heavy (non-hydrogen) atoms. The summed E-state index contributed by atoms with van der Waals surface area (Å²) in [5, 5.41) is 10.3. The van der Waals surface area contributed by atoms with Gasteiger partial charge in [-0.2, -0.15) is 0 Å². The van der Waals surface area contributed by atoms with Gasteiger partial charge >= 0.3 is 0 Å². The van der Waals surface area contributed by atoms with E-state index in [1.54, 1.807) is 14.0 Å². The van der Waals surface area contributed by atoms with Crippen molar-refractivity contribution in [1.29, 1.82) is 0 Å². The van der Waals surface area contributed by atoms with E-state index >= 15 is 0 Å². The van der Waals surface area contributed by atoms with E-state index in [2.05, 4.69) is 0 Å². The van der Waals surface area contributed by atoms with Gasteiger partial charge < -0.3 is 15.7 Å². The number of thiophene rings is 1. The van der Waals surface area contributed by atoms with Gasteiger partial charge in [0.05, 0.1) is 11.0 Å². The van der Waals surface area contributed by atoms with Gasteiger partial charge in [0.25, 0.3) is 5.91 Å². The molecule has 1 amide bonds. The van der Waals surface area contributed by atoms with Crippen molar-refractivity contribution in [2.75, 3.05) is 19.3 Å². The molecule has 0 aliphatic carbocycles. The van der Waals surface area contributed by atoms with Crippen LogP contribution in [0.2, 0.25) is 0 Å². The third-order valence-electron chi connectivity index (χ3n) is 2.64. The Balaban J connectivity index is 2.28. The highest BCUT2D eigenvalue weighted by molar-refractivity contribution is 7.20. The number of anilines is 1. The van der Waals surface area contributed by atoms with Gasteiger partial charge in [-0.3, -0.25) is 4.79 Å². The van der Waals surface area contributed by atoms with Gasteiger partial charge in [0, 0.05) is 24.0 Å². The third-order valence-corrected chi connectivity index (χ3v) is 3.74. The molecule has 1 aromatic carbocycles. The predicted octanol–water partition coefficient (Wildman–Crippen LogP) is 1.94. The second-order valence-corrected chi connectivity index (χ2v) is 5.53. The Morgan fingerprint density at radius 2 is 2.22 bits per heavy atom. The minimum atomic E-state index is -0.524. The number of rotatable bonds is 3. The van der Waals surface area contributed by atoms with Crippen molar-refractivity contribution in [2.24, 2.45) is 0 Å². The smallest absolute Gasteiger partial charge is 0.263 e. The number of aliphatic hydroxyl groups is 1. The summed E-state index contributed by atoms with van der Waals surface area (Å²) in [5.74, 6) is -0.0735. The van der Waals surface area contributed by atoms with Gasteiger partial charge in [-0.05, 0) is 36.6 Å². The fraction of sp³-hybridized carbons (Fsp3) is 0.308. The summed E-state index contributed by atoms with van der Waals surface area (Å²) in [6, 6.07) is 7.45. The molecule has 0 bridgehead atoms. The summed E-state index contributed by atoms with van der Waals surface area (Å²) in [4.78, 5) is 14.3. The second-order valence-electron chi connectivity index (χ2n) is 4.44. The molecular formula is C13H16N2O2S. The van der Waals surface area contributed by atoms with Crippen molar-refractivity contribution in [2.45, 2.75) is 13.0 Å². The number of aliphatic hydroxyl groups excluding tert-OH is 1. The monoisotopic (exact) mass is 264 g/mol. The molecule has 1 unspecified atom stereocenters. The molecule has 2 aromatic rings. The number of likely N-dealkylation sites (N-methyl/N-ethyl adjacent to an activating group) is 1. The van der Waals surface area contributed by atoms with Crippen LogP contribution in [0.25, 0.3) is 10.1 Å². The van der Waals surface area contributed by atoms with Crippen molar-refractivity contribution >= 4 is 33.0 Å². The van der Waals surface area contributed by atoms with E-state index in [1.807, 2.05) is 24.3 Å². The van der Waals surface area contributed by atoms with Crippen LogP contribution in [0.5, 0.6) is 0 Å². The minimum Gasteiger partial charge on any atom is -0.399 e. The number of nitrogen functional groups attached to an aromatic ring is 1. The van der Waals surface area contributed by atoms with Crippen molar-refractivity contribution in [3.8, 4) is 0 Å². The molecule has 1 aromatic heterocycles. The summed E-state index contributed by atoms with van der Waals surface area (Å²) < 4.78 is 1.04. The average molecular weight is 264 g/mol. The summed E-state index contributed by atoms with van der Waals surface area (Å²) in [6.45, 7) is 1.99. The van der Waals surface area contributed by atoms with E-state index in [1.165, 1.54) is 16.2 Å². The van der Waals surface area contributed by atoms with Crippen molar-refractivity contribution in [3.63, 3.8) is 0 Å². The number of carbonyl (C=O) groups is 1. The molecule has 0 fully saturated rings. The molecule has 0 spiro atoms. The maximum atomic E-state index is 12.1. The van der Waals surface area contributed by atoms with Gasteiger partial charge in [0.15, 0.2) is 0 Å². The second kappa shape index (κ2) is 4.96. The Labute approximate surface area is 110 Å². The van der Waals surface area contributed by atoms with Crippen LogP contribution in [0.4, 0.5) is 5.69 Å². The lowest BCUT2D eigenvalue weighted by Crippen LogP contribution is -2.32. The van der Waals surface area contributed by atoms with Gasteiger partial charge in [0.1, 0.15) is 0 Å². The Kier molecular flexibility index (Phi) is 3.54. The molecule has 3 N–H and O–H groups in total. The molecule has 0 saturated carbocycles. The molecule has 0 radical (unpaired) electrons. The number of nitrogens with two attached hydrogens (primary N) is 1. The van der Waals surface area contributed by atoms with Crippen LogP contribution >= 0.6 is 11.3 Å². The molecule has 0 aliphatic rings. The largest absolute Gasteiger partial charge is 0.399 e. The van der Waals surface area contributed by atoms with Crippen LogP contribution in [-0.4, -0.2) is 35.6 Å². The molecule has 0 aliphatic heterocycles. The first-order chi connectivity index (χ1) is 8.47. The highest BCUT2D eigenvalue weighted by atomic mass is 32.1. The van der Waals surface area contributed by atoms with Crippen LogP contribution in [0.3, 0.4) is 0 Å². The van der Waals surface area contributed by atoms with Crippen LogP contribution < -0.4 is 5.73 Å². The van der Waals surface area contributed by atoms with Crippen LogP contribution in [0, 0.1) is 0 Å². The highest BCUT2D eigenvalue weighted by Crippen LogP contribution is 2.28. The zero-order valence-electron chi connectivity index (χ0n) is 10.4. The number of nitrogens with zero attached hydrogens (tertiary/aromatic N) is 1. The van der Waals surface area contributed by atoms with Crippen LogP contribution in [0.1, 0.15) is 16.6 Å². The maximum absolute atomic E-state index is 12.1. The SMILES string of the molecule is CC(O)CN(C)C(=O)c1cc2cc(N)ccc2s1. The van der Waals surface area contributed by atoms with Crippen LogP contribution in [-0.2, 0) is 0 Å². The number of carbonyl (C=O) groups excluding carboxylic acids is 1. The summed E-state index contributed by atoms with van der Waals surface area (Å²) in [5.41, 5.74) is 6.40. The predicted molar refractivity (Wildman–Crippen MR) is 74.9 cm³/mol. The Bertz CT molecular complexity index is 577. The molecule has 0 saturated heterocycles. The minimum absolute atomic E-state index is 0.0735. The fourth-order valence-corrected chi connectivity index (χ4v) is 2.87. The Hall–Kier alpha value is -1.59. The van der Waals surface area contributed by atoms with Gasteiger partial charge in [0.2, 0.25) is 0 Å².